The Bertz CT molecular complexity index is 2030. The van der Waals surface area contributed by atoms with E-state index in [1.165, 1.54) is 60.0 Å². The number of aromatic nitrogens is 1. The topological polar surface area (TPSA) is 270 Å². The van der Waals surface area contributed by atoms with Crippen LogP contribution in [-0.4, -0.2) is 89.8 Å². The number of hydrogen-bond donors (Lipinski definition) is 8. The molecule has 5 rings (SSSR count). The number of hydrogen-bond acceptors (Lipinski definition) is 10. The number of phenolic OH excluding ortho intramolecular Hbond substituents is 1. The number of pyridine rings is 1. The van der Waals surface area contributed by atoms with Crippen molar-refractivity contribution in [2.24, 2.45) is 5.73 Å². The van der Waals surface area contributed by atoms with Crippen LogP contribution in [0.1, 0.15) is 55.6 Å². The van der Waals surface area contributed by atoms with Crippen molar-refractivity contribution in [2.45, 2.75) is 67.9 Å². The maximum absolute atomic E-state index is 13.6. The van der Waals surface area contributed by atoms with Crippen LogP contribution in [0, 0.1) is 0 Å². The standard InChI is InChI=1S/C35H37N7O10S/c1-16(43)37-23(14-15-24(36)45)30(48)38-19-8-4-17(5-9-19)22-13-12-21(28(46)39-22)29(47)40-25(18-6-10-20(44)11-7-18)31(49)41-26-32(50)42-27(34(51)52)35(2,3)53-33(26)42/h4-13,23,25-27,33,44H,14-15H2,1-3H3,(H2,36,45)(H,37,43)(H,38,48)(H,39,46)(H,40,47)(H,41,49)(H,51,52)/t23?,25?,26-,27+,33+/m1/s1. The van der Waals surface area contributed by atoms with Gasteiger partial charge in [-0.15, -0.1) is 11.8 Å². The third-order valence-corrected chi connectivity index (χ3v) is 10.3. The Hall–Kier alpha value is -6.17. The van der Waals surface area contributed by atoms with Gasteiger partial charge in [-0.3, -0.25) is 33.6 Å². The number of β-lactam (4-membered cyclic amide) rings is 1. The maximum atomic E-state index is 13.6. The lowest BCUT2D eigenvalue weighted by Gasteiger charge is -2.44. The summed E-state index contributed by atoms with van der Waals surface area (Å²) in [5, 5.41) is 29.1. The van der Waals surface area contributed by atoms with Gasteiger partial charge in [-0.1, -0.05) is 24.3 Å². The van der Waals surface area contributed by atoms with E-state index < -0.39 is 81.3 Å². The van der Waals surface area contributed by atoms with Gasteiger partial charge in [0, 0.05) is 29.5 Å². The van der Waals surface area contributed by atoms with E-state index in [2.05, 4.69) is 26.3 Å². The zero-order valence-corrected chi connectivity index (χ0v) is 29.5. The highest BCUT2D eigenvalue weighted by Gasteiger charge is 2.64. The number of H-pyrrole nitrogens is 1. The molecule has 2 aromatic carbocycles. The first-order chi connectivity index (χ1) is 25.0. The molecule has 278 valence electrons. The SMILES string of the molecule is CC(=O)NC(CCC(N)=O)C(=O)Nc1ccc(-c2ccc(C(=O)NC(C(=O)N[C@@H]3C(=O)N4[C@@H](C(=O)O)C(C)(C)S[C@@H]34)c3ccc(O)cc3)c(=O)[nH]2)cc1. The molecule has 6 amide bonds. The van der Waals surface area contributed by atoms with Crippen LogP contribution < -0.4 is 32.6 Å². The second-order valence-corrected chi connectivity index (χ2v) is 14.8. The molecule has 5 atom stereocenters. The number of anilines is 1. The minimum Gasteiger partial charge on any atom is -0.508 e. The fraction of sp³-hybridized carbons (Fsp3) is 0.314. The number of rotatable bonds is 13. The Labute approximate surface area is 306 Å². The van der Waals surface area contributed by atoms with E-state index >= 15 is 0 Å². The molecule has 53 heavy (non-hydrogen) atoms. The number of carbonyl (C=O) groups excluding carboxylic acids is 6. The number of nitrogens with two attached hydrogens (primary N) is 1. The van der Waals surface area contributed by atoms with Gasteiger partial charge in [0.25, 0.3) is 11.5 Å². The molecular weight excluding hydrogens is 710 g/mol. The molecular formula is C35H37N7O10S. The van der Waals surface area contributed by atoms with Crippen molar-refractivity contribution in [3.63, 3.8) is 0 Å². The molecule has 2 unspecified atom stereocenters. The number of nitrogens with zero attached hydrogens (tertiary/aromatic N) is 1. The Balaban J connectivity index is 1.29. The van der Waals surface area contributed by atoms with Gasteiger partial charge < -0.3 is 47.1 Å². The number of carbonyl (C=O) groups is 7. The number of carboxylic acids is 1. The fourth-order valence-corrected chi connectivity index (χ4v) is 7.77. The summed E-state index contributed by atoms with van der Waals surface area (Å²) in [5.41, 5.74) is 5.47. The summed E-state index contributed by atoms with van der Waals surface area (Å²) in [6.07, 6.45) is -0.106. The predicted octanol–water partition coefficient (Wildman–Crippen LogP) is 0.559. The van der Waals surface area contributed by atoms with Crippen molar-refractivity contribution in [1.29, 1.82) is 0 Å². The molecule has 0 radical (unpaired) electrons. The number of aliphatic carboxylic acids is 1. The van der Waals surface area contributed by atoms with Crippen LogP contribution in [0.2, 0.25) is 0 Å². The van der Waals surface area contributed by atoms with E-state index in [0.29, 0.717) is 16.9 Å². The van der Waals surface area contributed by atoms with Gasteiger partial charge in [0.1, 0.15) is 40.9 Å². The average molecular weight is 748 g/mol. The van der Waals surface area contributed by atoms with Crippen molar-refractivity contribution < 1.29 is 43.8 Å². The van der Waals surface area contributed by atoms with E-state index in [9.17, 15) is 48.6 Å². The number of benzene rings is 2. The summed E-state index contributed by atoms with van der Waals surface area (Å²) in [6.45, 7) is 4.63. The molecule has 17 nitrogen and oxygen atoms in total. The van der Waals surface area contributed by atoms with Crippen LogP contribution in [0.3, 0.4) is 0 Å². The van der Waals surface area contributed by atoms with E-state index in [4.69, 9.17) is 5.73 Å². The van der Waals surface area contributed by atoms with Crippen LogP contribution in [0.5, 0.6) is 5.75 Å². The molecule has 0 bridgehead atoms. The third kappa shape index (κ3) is 8.33. The number of aromatic amines is 1. The summed E-state index contributed by atoms with van der Waals surface area (Å²) in [7, 11) is 0. The third-order valence-electron chi connectivity index (χ3n) is 8.73. The molecule has 9 N–H and O–H groups in total. The van der Waals surface area contributed by atoms with E-state index in [1.807, 2.05) is 0 Å². The Kier molecular flexibility index (Phi) is 10.9. The smallest absolute Gasteiger partial charge is 0.327 e. The van der Waals surface area contributed by atoms with Crippen LogP contribution in [-0.2, 0) is 28.8 Å². The van der Waals surface area contributed by atoms with Gasteiger partial charge in [-0.2, -0.15) is 0 Å². The molecule has 2 saturated heterocycles. The summed E-state index contributed by atoms with van der Waals surface area (Å²) in [4.78, 5) is 104. The zero-order valence-electron chi connectivity index (χ0n) is 28.7. The quantitative estimate of drug-likeness (QED) is 0.112. The molecule has 2 aliphatic heterocycles. The molecule has 1 aromatic heterocycles. The first kappa shape index (κ1) is 38.1. The molecule has 18 heteroatoms. The first-order valence-electron chi connectivity index (χ1n) is 16.3. The molecule has 0 aliphatic carbocycles. The minimum absolute atomic E-state index is 0.00633. The van der Waals surface area contributed by atoms with E-state index in [0.717, 1.165) is 0 Å². The van der Waals surface area contributed by atoms with Gasteiger partial charge in [-0.05, 0) is 67.8 Å². The van der Waals surface area contributed by atoms with Gasteiger partial charge in [0.05, 0.1) is 0 Å². The fourth-order valence-electron chi connectivity index (χ4n) is 6.14. The summed E-state index contributed by atoms with van der Waals surface area (Å²) in [6, 6.07) is 9.83. The lowest BCUT2D eigenvalue weighted by Crippen LogP contribution is -2.71. The number of nitrogens with one attached hydrogen (secondary N) is 5. The first-order valence-corrected chi connectivity index (χ1v) is 17.2. The van der Waals surface area contributed by atoms with Crippen LogP contribution >= 0.6 is 11.8 Å². The highest BCUT2D eigenvalue weighted by atomic mass is 32.2. The summed E-state index contributed by atoms with van der Waals surface area (Å²) < 4.78 is -0.826. The number of thioether (sulfide) groups is 1. The Morgan fingerprint density at radius 3 is 2.19 bits per heavy atom. The van der Waals surface area contributed by atoms with Crippen LogP contribution in [0.25, 0.3) is 11.3 Å². The molecule has 3 heterocycles. The normalized spacial score (nSPS) is 19.5. The lowest BCUT2D eigenvalue weighted by atomic mass is 9.95. The second-order valence-electron chi connectivity index (χ2n) is 13.0. The molecule has 0 saturated carbocycles. The minimum atomic E-state index is -1.41. The number of amides is 6. The van der Waals surface area contributed by atoms with Gasteiger partial charge in [0.2, 0.25) is 29.5 Å². The molecule has 3 aromatic rings. The van der Waals surface area contributed by atoms with Crippen LogP contribution in [0.4, 0.5) is 5.69 Å². The van der Waals surface area contributed by atoms with Crippen molar-refractivity contribution in [1.82, 2.24) is 25.8 Å². The Morgan fingerprint density at radius 2 is 1.60 bits per heavy atom. The largest absolute Gasteiger partial charge is 0.508 e. The second kappa shape index (κ2) is 15.2. The van der Waals surface area contributed by atoms with Gasteiger partial charge in [0.15, 0.2) is 0 Å². The molecule has 2 aliphatic rings. The molecule has 2 fully saturated rings. The van der Waals surface area contributed by atoms with Crippen molar-refractivity contribution in [3.8, 4) is 17.0 Å². The zero-order chi connectivity index (χ0) is 38.8. The number of primary amides is 1. The monoisotopic (exact) mass is 747 g/mol. The number of fused-ring (bicyclic) bond motifs is 1. The Morgan fingerprint density at radius 1 is 0.943 bits per heavy atom. The summed E-state index contributed by atoms with van der Waals surface area (Å²) >= 11 is 1.24. The number of aromatic hydroxyl groups is 1. The van der Waals surface area contributed by atoms with Crippen LogP contribution in [0.15, 0.2) is 65.5 Å². The number of phenols is 1. The summed E-state index contributed by atoms with van der Waals surface area (Å²) in [5.74, 6) is -5.22. The van der Waals surface area contributed by atoms with Gasteiger partial charge >= 0.3 is 5.97 Å². The highest BCUT2D eigenvalue weighted by molar-refractivity contribution is 8.01. The van der Waals surface area contributed by atoms with E-state index in [-0.39, 0.29) is 29.7 Å². The van der Waals surface area contributed by atoms with Crippen molar-refractivity contribution in [3.05, 3.63) is 82.1 Å². The highest BCUT2D eigenvalue weighted by Crippen LogP contribution is 2.50. The van der Waals surface area contributed by atoms with Crippen molar-refractivity contribution >= 4 is 58.9 Å². The average Bonchev–Trinajstić information content (AvgIpc) is 3.35. The number of carboxylic acid groups (broad SMARTS) is 1. The molecule has 0 spiro atoms. The van der Waals surface area contributed by atoms with Crippen molar-refractivity contribution in [2.75, 3.05) is 5.32 Å². The lowest BCUT2D eigenvalue weighted by molar-refractivity contribution is -0.161. The van der Waals surface area contributed by atoms with Gasteiger partial charge in [-0.25, -0.2) is 4.79 Å². The predicted molar refractivity (Wildman–Crippen MR) is 191 cm³/mol. The van der Waals surface area contributed by atoms with E-state index in [1.54, 1.807) is 38.1 Å². The maximum Gasteiger partial charge on any atom is 0.327 e.